The van der Waals surface area contributed by atoms with Gasteiger partial charge in [0.05, 0.1) is 0 Å². The molecule has 2 amide bonds. The lowest BCUT2D eigenvalue weighted by Crippen LogP contribution is -2.74. The molecule has 2 aliphatic heterocycles. The number of phenolic OH excluding ortho intramolecular Hbond substituents is 2. The van der Waals surface area contributed by atoms with Crippen LogP contribution in [0.4, 0.5) is 10.9 Å². The number of thioether (sulfide) groups is 2. The zero-order chi connectivity index (χ0) is 32.5. The minimum absolute atomic E-state index is 0.0557. The van der Waals surface area contributed by atoms with E-state index in [1.165, 1.54) is 52.3 Å². The number of thiazole rings is 1. The number of aromatic hydroxyl groups is 2. The van der Waals surface area contributed by atoms with Crippen LogP contribution in [0.15, 0.2) is 46.2 Å². The predicted octanol–water partition coefficient (Wildman–Crippen LogP) is 0.318. The number of carboxylic acid groups (broad SMARTS) is 2. The van der Waals surface area contributed by atoms with E-state index < -0.39 is 63.9 Å². The molecule has 45 heavy (non-hydrogen) atoms. The molecule has 2 fully saturated rings. The Balaban J connectivity index is 1.31. The van der Waals surface area contributed by atoms with E-state index in [2.05, 4.69) is 25.4 Å². The number of benzene rings is 1. The summed E-state index contributed by atoms with van der Waals surface area (Å²) in [7, 11) is 0. The average Bonchev–Trinajstić information content (AvgIpc) is 3.43. The number of nitrogen functional groups attached to an aromatic ring is 2. The number of nitrogens with one attached hydrogen (secondary N) is 1. The molecule has 2 saturated heterocycles. The fraction of sp³-hybridized carbons (Fsp3) is 0.280. The Labute approximate surface area is 265 Å². The number of carbonyl (C=O) groups excluding carboxylic acids is 2. The average molecular weight is 677 g/mol. The Morgan fingerprint density at radius 3 is 2.62 bits per heavy atom. The number of hydrogen-bond donors (Lipinski definition) is 7. The van der Waals surface area contributed by atoms with Crippen molar-refractivity contribution in [3.63, 3.8) is 0 Å². The number of fused-ring (bicyclic) bond motifs is 1. The molecular weight excluding hydrogens is 653 g/mol. The molecule has 0 aliphatic carbocycles. The van der Waals surface area contributed by atoms with E-state index >= 15 is 0 Å². The molecule has 20 heteroatoms. The van der Waals surface area contributed by atoms with Gasteiger partial charge in [-0.25, -0.2) is 19.7 Å². The Morgan fingerprint density at radius 1 is 1.20 bits per heavy atom. The highest BCUT2D eigenvalue weighted by Crippen LogP contribution is 2.44. The first-order valence-corrected chi connectivity index (χ1v) is 15.7. The fourth-order valence-electron chi connectivity index (χ4n) is 4.42. The van der Waals surface area contributed by atoms with Crippen molar-refractivity contribution in [2.24, 2.45) is 10.6 Å². The van der Waals surface area contributed by atoms with Crippen LogP contribution < -0.4 is 16.8 Å². The second kappa shape index (κ2) is 12.7. The van der Waals surface area contributed by atoms with Gasteiger partial charge in [-0.3, -0.25) is 14.4 Å². The van der Waals surface area contributed by atoms with Crippen LogP contribution in [0.5, 0.6) is 11.5 Å². The van der Waals surface area contributed by atoms with E-state index in [-0.39, 0.29) is 40.3 Å². The molecule has 3 aromatic rings. The molecule has 0 spiro atoms. The number of carbonyl (C=O) groups is 4. The van der Waals surface area contributed by atoms with Crippen molar-refractivity contribution < 1.29 is 44.4 Å². The number of phenols is 2. The maximum Gasteiger partial charge on any atom is 0.352 e. The summed E-state index contributed by atoms with van der Waals surface area (Å²) in [6.45, 7) is -0.106. The first kappa shape index (κ1) is 31.6. The van der Waals surface area contributed by atoms with E-state index in [0.717, 1.165) is 23.5 Å². The van der Waals surface area contributed by atoms with Crippen LogP contribution in [0.1, 0.15) is 17.4 Å². The van der Waals surface area contributed by atoms with Gasteiger partial charge in [-0.05, 0) is 12.1 Å². The third kappa shape index (κ3) is 6.51. The van der Waals surface area contributed by atoms with Gasteiger partial charge in [0.15, 0.2) is 22.3 Å². The summed E-state index contributed by atoms with van der Waals surface area (Å²) in [5, 5.41) is 46.8. The van der Waals surface area contributed by atoms with Crippen LogP contribution in [0, 0.1) is 5.41 Å². The highest BCUT2D eigenvalue weighted by atomic mass is 32.2. The summed E-state index contributed by atoms with van der Waals surface area (Å²) < 4.78 is 0. The predicted molar refractivity (Wildman–Crippen MR) is 161 cm³/mol. The second-order valence-electron chi connectivity index (χ2n) is 9.86. The number of oxime groups is 1. The number of nitrogens with two attached hydrogens (primary N) is 2. The fourth-order valence-corrected chi connectivity index (χ4v) is 7.70. The van der Waals surface area contributed by atoms with E-state index in [9.17, 15) is 39.6 Å². The monoisotopic (exact) mass is 676 g/mol. The smallest absolute Gasteiger partial charge is 0.352 e. The van der Waals surface area contributed by atoms with Gasteiger partial charge >= 0.3 is 11.9 Å². The summed E-state index contributed by atoms with van der Waals surface area (Å²) in [5.41, 5.74) is 9.47. The van der Waals surface area contributed by atoms with Crippen molar-refractivity contribution in [2.75, 3.05) is 29.5 Å². The minimum atomic E-state index is -1.80. The molecular formula is C25H24N8O9S3. The molecule has 9 N–H and O–H groups in total. The summed E-state index contributed by atoms with van der Waals surface area (Å²) in [6.07, 6.45) is -0.531. The van der Waals surface area contributed by atoms with E-state index in [4.69, 9.17) is 16.3 Å². The molecule has 4 heterocycles. The molecule has 4 atom stereocenters. The lowest BCUT2D eigenvalue weighted by molar-refractivity contribution is -0.157. The SMILES string of the molecule is Nc1cc(SCC2(C(=O)O)CS[C@@H]3C(NC(=O)C(=NO[C@H](C(=O)O)c4ccc(O)c(O)c4)c4csc(N)n4)C(=O)N3C2)ncn1. The minimum Gasteiger partial charge on any atom is -0.504 e. The zero-order valence-corrected chi connectivity index (χ0v) is 25.2. The normalized spacial score (nSPS) is 21.7. The Bertz CT molecular complexity index is 1710. The van der Waals surface area contributed by atoms with Crippen molar-refractivity contribution in [1.29, 1.82) is 0 Å². The van der Waals surface area contributed by atoms with Gasteiger partial charge in [-0.1, -0.05) is 11.2 Å². The van der Waals surface area contributed by atoms with Crippen LogP contribution in [0.3, 0.4) is 0 Å². The molecule has 5 rings (SSSR count). The van der Waals surface area contributed by atoms with Gasteiger partial charge in [-0.15, -0.1) is 34.9 Å². The third-order valence-corrected chi connectivity index (χ3v) is 10.3. The topological polar surface area (TPSA) is 277 Å². The van der Waals surface area contributed by atoms with E-state index in [1.807, 2.05) is 0 Å². The largest absolute Gasteiger partial charge is 0.504 e. The Hall–Kier alpha value is -4.82. The number of β-lactam (4-membered cyclic amide) rings is 1. The van der Waals surface area contributed by atoms with Crippen molar-refractivity contribution in [1.82, 2.24) is 25.2 Å². The molecule has 2 aromatic heterocycles. The van der Waals surface area contributed by atoms with Crippen LogP contribution in [-0.4, -0.2) is 99.2 Å². The third-order valence-electron chi connectivity index (χ3n) is 6.80. The van der Waals surface area contributed by atoms with Crippen LogP contribution in [0.2, 0.25) is 0 Å². The summed E-state index contributed by atoms with van der Waals surface area (Å²) in [5.74, 6) is -4.69. The van der Waals surface area contributed by atoms with Gasteiger partial charge in [0.25, 0.3) is 5.91 Å². The van der Waals surface area contributed by atoms with Gasteiger partial charge in [0.1, 0.15) is 39.7 Å². The number of nitrogens with zero attached hydrogens (tertiary/aromatic N) is 5. The van der Waals surface area contributed by atoms with E-state index in [0.29, 0.717) is 5.03 Å². The lowest BCUT2D eigenvalue weighted by Gasteiger charge is -2.53. The first-order valence-electron chi connectivity index (χ1n) is 12.7. The number of aromatic nitrogens is 3. The van der Waals surface area contributed by atoms with Gasteiger partial charge in [0, 0.05) is 35.1 Å². The maximum atomic E-state index is 13.4. The number of aliphatic carboxylic acids is 2. The number of anilines is 2. The molecule has 17 nitrogen and oxygen atoms in total. The van der Waals surface area contributed by atoms with Crippen LogP contribution in [0.25, 0.3) is 0 Å². The quantitative estimate of drug-likeness (QED) is 0.0359. The molecule has 0 bridgehead atoms. The number of rotatable bonds is 11. The van der Waals surface area contributed by atoms with Crippen LogP contribution in [-0.2, 0) is 24.0 Å². The van der Waals surface area contributed by atoms with Crippen molar-refractivity contribution in [2.45, 2.75) is 22.5 Å². The Kier molecular flexibility index (Phi) is 8.89. The summed E-state index contributed by atoms with van der Waals surface area (Å²) in [6, 6.07) is 3.68. The van der Waals surface area contributed by atoms with Gasteiger partial charge in [0.2, 0.25) is 12.0 Å². The molecule has 0 saturated carbocycles. The Morgan fingerprint density at radius 2 is 1.98 bits per heavy atom. The number of amides is 2. The maximum absolute atomic E-state index is 13.4. The molecule has 2 aliphatic rings. The van der Waals surface area contributed by atoms with Crippen molar-refractivity contribution in [3.05, 3.63) is 47.2 Å². The first-order chi connectivity index (χ1) is 21.4. The second-order valence-corrected chi connectivity index (χ2v) is 12.8. The zero-order valence-electron chi connectivity index (χ0n) is 22.8. The molecule has 236 valence electrons. The summed E-state index contributed by atoms with van der Waals surface area (Å²) in [4.78, 5) is 69.3. The molecule has 1 aromatic carbocycles. The standard InChI is InChI=1S/C25H24N8O9S3/c26-14-4-15(29-9-28-14)44-7-25(23(40)41)6-33-20(37)17(21(33)45-8-25)31-19(36)16(11-5-43-24(27)30-11)32-42-18(22(38)39)10-1-2-12(34)13(35)3-10/h1-5,9,17-18,21,34-35H,6-8H2,(H2,27,30)(H,31,36)(H,38,39)(H,40,41)(H2,26,28,29)/t17?,18-,21+,25?/m0/s1. The molecule has 2 unspecified atom stereocenters. The van der Waals surface area contributed by atoms with E-state index in [1.54, 1.807) is 0 Å². The van der Waals surface area contributed by atoms with Gasteiger partial charge in [-0.2, -0.15) is 0 Å². The highest BCUT2D eigenvalue weighted by molar-refractivity contribution is 8.00. The van der Waals surface area contributed by atoms with Crippen LogP contribution >= 0.6 is 34.9 Å². The summed E-state index contributed by atoms with van der Waals surface area (Å²) >= 11 is 3.34. The number of carboxylic acids is 2. The van der Waals surface area contributed by atoms with Crippen molar-refractivity contribution >= 4 is 75.3 Å². The lowest BCUT2D eigenvalue weighted by atomic mass is 9.89. The highest BCUT2D eigenvalue weighted by Gasteiger charge is 2.57. The number of hydrogen-bond acceptors (Lipinski definition) is 16. The molecule has 0 radical (unpaired) electrons. The van der Waals surface area contributed by atoms with Crippen molar-refractivity contribution in [3.8, 4) is 11.5 Å². The van der Waals surface area contributed by atoms with Gasteiger partial charge < -0.3 is 46.9 Å².